The van der Waals surface area contributed by atoms with Gasteiger partial charge in [-0.2, -0.15) is 13.2 Å². The second kappa shape index (κ2) is 5.60. The van der Waals surface area contributed by atoms with E-state index in [9.17, 15) is 18.3 Å². The Morgan fingerprint density at radius 2 is 1.69 bits per heavy atom. The third-order valence-corrected chi connectivity index (χ3v) is 4.59. The van der Waals surface area contributed by atoms with Crippen molar-refractivity contribution in [1.82, 2.24) is 4.57 Å². The molecule has 3 aromatic rings. The molecule has 1 aromatic heterocycles. The van der Waals surface area contributed by atoms with Gasteiger partial charge >= 0.3 is 12.0 Å². The summed E-state index contributed by atoms with van der Waals surface area (Å²) >= 11 is 0. The molecule has 0 amide bonds. The predicted molar refractivity (Wildman–Crippen MR) is 91.6 cm³/mol. The molecule has 0 saturated heterocycles. The first-order valence-electron chi connectivity index (χ1n) is 7.97. The first kappa shape index (κ1) is 16.7. The van der Waals surface area contributed by atoms with Crippen LogP contribution in [0.4, 0.5) is 13.2 Å². The molecular weight excluding hydrogens is 345 g/mol. The minimum absolute atomic E-state index is 0.0647. The maximum absolute atomic E-state index is 12.8. The second-order valence-corrected chi connectivity index (χ2v) is 6.37. The average Bonchev–Trinajstić information content (AvgIpc) is 3.19. The average molecular weight is 360 g/mol. The van der Waals surface area contributed by atoms with Gasteiger partial charge in [0.15, 0.2) is 0 Å². The number of nitrogens with zero attached hydrogens (tertiary/aromatic N) is 2. The molecule has 0 bridgehead atoms. The van der Waals surface area contributed by atoms with Crippen molar-refractivity contribution in [2.45, 2.75) is 18.4 Å². The zero-order valence-electron chi connectivity index (χ0n) is 13.8. The molecule has 7 heteroatoms. The summed E-state index contributed by atoms with van der Waals surface area (Å²) in [5.41, 5.74) is 3.61. The molecule has 0 aliphatic carbocycles. The molecule has 1 aliphatic rings. The van der Waals surface area contributed by atoms with Gasteiger partial charge in [-0.05, 0) is 34.9 Å². The van der Waals surface area contributed by atoms with Crippen molar-refractivity contribution in [1.29, 1.82) is 0 Å². The fourth-order valence-corrected chi connectivity index (χ4v) is 3.05. The van der Waals surface area contributed by atoms with Crippen molar-refractivity contribution >= 4 is 16.6 Å². The second-order valence-electron chi connectivity index (χ2n) is 6.37. The predicted octanol–water partition coefficient (Wildman–Crippen LogP) is 4.22. The van der Waals surface area contributed by atoms with Crippen molar-refractivity contribution in [3.8, 4) is 11.1 Å². The van der Waals surface area contributed by atoms with Crippen LogP contribution in [-0.2, 0) is 11.9 Å². The van der Waals surface area contributed by atoms with Crippen LogP contribution in [0.5, 0.6) is 0 Å². The van der Waals surface area contributed by atoms with Crippen LogP contribution < -0.4 is 0 Å². The molecule has 0 saturated carbocycles. The van der Waals surface area contributed by atoms with Gasteiger partial charge in [-0.1, -0.05) is 35.5 Å². The van der Waals surface area contributed by atoms with Crippen molar-refractivity contribution in [3.63, 3.8) is 0 Å². The molecule has 0 spiro atoms. The number of hydrogen-bond donors (Lipinski definition) is 1. The number of fused-ring (bicyclic) bond motifs is 1. The summed E-state index contributed by atoms with van der Waals surface area (Å²) in [6, 6.07) is 15.1. The van der Waals surface area contributed by atoms with E-state index in [2.05, 4.69) is 16.1 Å². The normalized spacial score (nSPS) is 20.3. The quantitative estimate of drug-likeness (QED) is 0.744. The summed E-state index contributed by atoms with van der Waals surface area (Å²) in [7, 11) is 1.98. The molecule has 4 nitrogen and oxygen atoms in total. The summed E-state index contributed by atoms with van der Waals surface area (Å²) < 4.78 is 40.4. The minimum Gasteiger partial charge on any atom is -0.351 e. The summed E-state index contributed by atoms with van der Waals surface area (Å²) in [5, 5.41) is 14.1. The van der Waals surface area contributed by atoms with Gasteiger partial charge in [-0.3, -0.25) is 0 Å². The van der Waals surface area contributed by atoms with Gasteiger partial charge < -0.3 is 14.5 Å². The molecule has 2 heterocycles. The lowest BCUT2D eigenvalue weighted by Crippen LogP contribution is -2.45. The van der Waals surface area contributed by atoms with Gasteiger partial charge in [0.2, 0.25) is 0 Å². The van der Waals surface area contributed by atoms with Crippen LogP contribution in [0.15, 0.2) is 59.9 Å². The Balaban J connectivity index is 1.59. The van der Waals surface area contributed by atoms with E-state index >= 15 is 0 Å². The van der Waals surface area contributed by atoms with Gasteiger partial charge in [0.05, 0.1) is 12.1 Å². The Labute approximate surface area is 147 Å². The number of alkyl halides is 3. The Bertz CT molecular complexity index is 1010. The van der Waals surface area contributed by atoms with Crippen LogP contribution in [0, 0.1) is 0 Å². The van der Waals surface area contributed by atoms with E-state index in [1.807, 2.05) is 48.1 Å². The third-order valence-electron chi connectivity index (χ3n) is 4.59. The standard InChI is InChI=1S/C19H15F3N2O2/c1-24-9-8-15-10-14(6-7-17(15)24)12-2-4-13(5-3-12)16-11-18(25,26-23-16)19(20,21)22/h2-10,25H,11H2,1H3. The smallest absolute Gasteiger partial charge is 0.351 e. The molecule has 134 valence electrons. The van der Waals surface area contributed by atoms with E-state index in [0.717, 1.165) is 22.0 Å². The molecule has 1 unspecified atom stereocenters. The lowest BCUT2D eigenvalue weighted by molar-refractivity contribution is -0.355. The van der Waals surface area contributed by atoms with E-state index in [1.165, 1.54) is 0 Å². The van der Waals surface area contributed by atoms with Gasteiger partial charge in [0.1, 0.15) is 0 Å². The number of hydrogen-bond acceptors (Lipinski definition) is 3. The SMILES string of the molecule is Cn1ccc2cc(-c3ccc(C4=NOC(O)(C(F)(F)F)C4)cc3)ccc21. The van der Waals surface area contributed by atoms with Crippen LogP contribution in [0.2, 0.25) is 0 Å². The monoisotopic (exact) mass is 360 g/mol. The Morgan fingerprint density at radius 1 is 1.04 bits per heavy atom. The Hall–Kier alpha value is -2.80. The number of oxime groups is 1. The summed E-state index contributed by atoms with van der Waals surface area (Å²) in [4.78, 5) is 4.25. The van der Waals surface area contributed by atoms with Crippen LogP contribution in [0.3, 0.4) is 0 Å². The van der Waals surface area contributed by atoms with Gasteiger partial charge in [0, 0.05) is 24.1 Å². The number of benzene rings is 2. The molecule has 26 heavy (non-hydrogen) atoms. The van der Waals surface area contributed by atoms with Gasteiger partial charge in [-0.15, -0.1) is 0 Å². The molecule has 2 aromatic carbocycles. The van der Waals surface area contributed by atoms with Crippen LogP contribution in [-0.4, -0.2) is 27.3 Å². The highest BCUT2D eigenvalue weighted by Crippen LogP contribution is 2.39. The number of halogens is 3. The van der Waals surface area contributed by atoms with Crippen molar-refractivity contribution in [3.05, 3.63) is 60.3 Å². The third kappa shape index (κ3) is 2.64. The van der Waals surface area contributed by atoms with E-state index in [4.69, 9.17) is 0 Å². The molecule has 1 atom stereocenters. The van der Waals surface area contributed by atoms with Gasteiger partial charge in [0.25, 0.3) is 0 Å². The number of rotatable bonds is 2. The first-order chi connectivity index (χ1) is 12.3. The number of aliphatic hydroxyl groups is 1. The highest BCUT2D eigenvalue weighted by Gasteiger charge is 2.60. The van der Waals surface area contributed by atoms with E-state index in [0.29, 0.717) is 5.56 Å². The van der Waals surface area contributed by atoms with Crippen LogP contribution in [0.1, 0.15) is 12.0 Å². The number of aryl methyl sites for hydroxylation is 1. The van der Waals surface area contributed by atoms with Gasteiger partial charge in [-0.25, -0.2) is 0 Å². The van der Waals surface area contributed by atoms with E-state index < -0.39 is 18.4 Å². The summed E-state index contributed by atoms with van der Waals surface area (Å²) in [6.07, 6.45) is -3.65. The van der Waals surface area contributed by atoms with E-state index in [1.54, 1.807) is 12.1 Å². The molecule has 1 aliphatic heterocycles. The molecule has 0 fully saturated rings. The van der Waals surface area contributed by atoms with E-state index in [-0.39, 0.29) is 5.71 Å². The molecule has 0 radical (unpaired) electrons. The largest absolute Gasteiger partial charge is 0.458 e. The first-order valence-corrected chi connectivity index (χ1v) is 7.97. The zero-order chi connectivity index (χ0) is 18.5. The lowest BCUT2D eigenvalue weighted by atomic mass is 9.98. The van der Waals surface area contributed by atoms with Crippen LogP contribution in [0.25, 0.3) is 22.0 Å². The van der Waals surface area contributed by atoms with Crippen molar-refractivity contribution in [2.75, 3.05) is 0 Å². The fourth-order valence-electron chi connectivity index (χ4n) is 3.05. The van der Waals surface area contributed by atoms with Crippen molar-refractivity contribution < 1.29 is 23.1 Å². The maximum Gasteiger partial charge on any atom is 0.458 e. The van der Waals surface area contributed by atoms with Crippen molar-refractivity contribution in [2.24, 2.45) is 12.2 Å². The Morgan fingerprint density at radius 3 is 2.35 bits per heavy atom. The molecule has 1 N–H and O–H groups in total. The zero-order valence-corrected chi connectivity index (χ0v) is 13.8. The lowest BCUT2D eigenvalue weighted by Gasteiger charge is -2.22. The summed E-state index contributed by atoms with van der Waals surface area (Å²) in [6.45, 7) is 0. The molecule has 4 rings (SSSR count). The fraction of sp³-hybridized carbons (Fsp3) is 0.211. The topological polar surface area (TPSA) is 46.8 Å². The molecular formula is C19H15F3N2O2. The Kier molecular flexibility index (Phi) is 3.59. The summed E-state index contributed by atoms with van der Waals surface area (Å²) in [5.74, 6) is -3.25. The number of aromatic nitrogens is 1. The maximum atomic E-state index is 12.8. The minimum atomic E-state index is -4.90. The highest BCUT2D eigenvalue weighted by molar-refractivity contribution is 6.02. The van der Waals surface area contributed by atoms with Crippen LogP contribution >= 0.6 is 0 Å². The highest BCUT2D eigenvalue weighted by atomic mass is 19.4.